The Morgan fingerprint density at radius 2 is 0.646 bits per heavy atom. The lowest BCUT2D eigenvalue weighted by Crippen LogP contribution is -2.14. The van der Waals surface area contributed by atoms with Crippen LogP contribution in [-0.2, 0) is 21.7 Å². The number of benzene rings is 11. The summed E-state index contributed by atoms with van der Waals surface area (Å²) in [7, 11) is 0. The molecule has 0 fully saturated rings. The van der Waals surface area contributed by atoms with Gasteiger partial charge in [0.25, 0.3) is 0 Å². The van der Waals surface area contributed by atoms with Gasteiger partial charge in [-0.1, -0.05) is 180 Å². The quantitative estimate of drug-likeness (QED) is 0.158. The molecule has 0 atom stereocenters. The van der Waals surface area contributed by atoms with Crippen molar-refractivity contribution in [3.8, 4) is 5.69 Å². The summed E-state index contributed by atoms with van der Waals surface area (Å²) in [6.07, 6.45) is 0. The molecule has 4 nitrogen and oxygen atoms in total. The highest BCUT2D eigenvalue weighted by Gasteiger charge is 2.27. The van der Waals surface area contributed by atoms with Gasteiger partial charge in [0.2, 0.25) is 0 Å². The van der Waals surface area contributed by atoms with E-state index in [-0.39, 0.29) is 21.7 Å². The first-order chi connectivity index (χ1) is 39.2. The van der Waals surface area contributed by atoms with Crippen LogP contribution in [0, 0.1) is 0 Å². The first kappa shape index (κ1) is 51.3. The van der Waals surface area contributed by atoms with Crippen LogP contribution in [0.1, 0.15) is 105 Å². The van der Waals surface area contributed by atoms with Crippen molar-refractivity contribution in [2.24, 2.45) is 0 Å². The number of nitrogens with zero attached hydrogens (tertiary/aromatic N) is 4. The number of hydrogen-bond donors (Lipinski definition) is 0. The highest BCUT2D eigenvalue weighted by molar-refractivity contribution is 6.35. The summed E-state index contributed by atoms with van der Waals surface area (Å²) in [5, 5.41) is 12.4. The lowest BCUT2D eigenvalue weighted by Gasteiger charge is -2.28. The predicted octanol–water partition coefficient (Wildman–Crippen LogP) is 22.4. The van der Waals surface area contributed by atoms with Gasteiger partial charge in [-0.25, -0.2) is 0 Å². The number of rotatable bonds is 7. The van der Waals surface area contributed by atoms with E-state index in [1.165, 1.54) is 104 Å². The maximum atomic E-state index is 2.60. The van der Waals surface area contributed by atoms with E-state index in [1.807, 2.05) is 0 Å². The number of aromatic nitrogens is 2. The molecular formula is C78H72N4. The van der Waals surface area contributed by atoms with E-state index in [0.717, 1.165) is 39.8 Å². The molecule has 14 rings (SSSR count). The molecule has 3 aromatic heterocycles. The lowest BCUT2D eigenvalue weighted by molar-refractivity contribution is 0.590. The van der Waals surface area contributed by atoms with E-state index in [2.05, 4.69) is 320 Å². The zero-order valence-corrected chi connectivity index (χ0v) is 49.6. The minimum atomic E-state index is 0.0421. The van der Waals surface area contributed by atoms with Crippen LogP contribution in [-0.4, -0.2) is 8.97 Å². The molecule has 0 saturated carbocycles. The van der Waals surface area contributed by atoms with Gasteiger partial charge in [0.05, 0.1) is 27.6 Å². The summed E-state index contributed by atoms with van der Waals surface area (Å²) in [6.45, 7) is 27.4. The summed E-state index contributed by atoms with van der Waals surface area (Å²) >= 11 is 0. The molecule has 82 heavy (non-hydrogen) atoms. The Hall–Kier alpha value is -8.86. The molecule has 0 spiro atoms. The second-order valence-electron chi connectivity index (χ2n) is 27.2. The first-order valence-electron chi connectivity index (χ1n) is 29.3. The highest BCUT2D eigenvalue weighted by Crippen LogP contribution is 2.49. The Bertz CT molecular complexity index is 4660. The smallest absolute Gasteiger partial charge is 0.0642 e. The van der Waals surface area contributed by atoms with Crippen LogP contribution in [0.4, 0.5) is 34.1 Å². The molecule has 3 heterocycles. The number of para-hydroxylation sites is 2. The van der Waals surface area contributed by atoms with Crippen molar-refractivity contribution >= 4 is 116 Å². The van der Waals surface area contributed by atoms with E-state index in [4.69, 9.17) is 0 Å². The fourth-order valence-electron chi connectivity index (χ4n) is 13.0. The standard InChI is InChI=1S/C78H72N4/c1-75(2,3)53-24-34-58(35-25-53)79(59-36-26-54(27-37-59)76(4,5)6)62-32-22-49-44-65-67-48-66-64-20-16-17-21-69(64)81(57-18-14-13-15-19-57)73(66)72-68-45-50-23-33-63(43-52(50)47-71(68)82(74(67)72)70(65)46-51(49)42-62)80(60-38-28-55(29-39-60)77(7,8)9)61-40-30-56(31-41-61)78(10,11)12/h13-48H,1-12H3. The van der Waals surface area contributed by atoms with Crippen LogP contribution in [0.5, 0.6) is 0 Å². The van der Waals surface area contributed by atoms with E-state index in [1.54, 1.807) is 0 Å². The monoisotopic (exact) mass is 1060 g/mol. The molecule has 0 saturated heterocycles. The average Bonchev–Trinajstić information content (AvgIpc) is 1.86. The Kier molecular flexibility index (Phi) is 11.5. The minimum Gasteiger partial charge on any atom is -0.310 e. The largest absolute Gasteiger partial charge is 0.310 e. The van der Waals surface area contributed by atoms with Gasteiger partial charge in [0.1, 0.15) is 0 Å². The second kappa shape index (κ2) is 18.3. The highest BCUT2D eigenvalue weighted by atomic mass is 15.1. The summed E-state index contributed by atoms with van der Waals surface area (Å²) < 4.78 is 5.11. The first-order valence-corrected chi connectivity index (χ1v) is 29.3. The number of fused-ring (bicyclic) bond motifs is 12. The Morgan fingerprint density at radius 3 is 1.09 bits per heavy atom. The normalized spacial score (nSPS) is 12.9. The summed E-state index contributed by atoms with van der Waals surface area (Å²) in [6, 6.07) is 83.1. The van der Waals surface area contributed by atoms with Gasteiger partial charge >= 0.3 is 0 Å². The van der Waals surface area contributed by atoms with Crippen LogP contribution >= 0.6 is 0 Å². The molecule has 0 amide bonds. The molecular weight excluding hydrogens is 993 g/mol. The molecule has 0 bridgehead atoms. The fourth-order valence-corrected chi connectivity index (χ4v) is 13.0. The molecule has 0 N–H and O–H groups in total. The van der Waals surface area contributed by atoms with Crippen LogP contribution < -0.4 is 9.80 Å². The lowest BCUT2D eigenvalue weighted by atomic mass is 9.86. The summed E-state index contributed by atoms with van der Waals surface area (Å²) in [5.74, 6) is 0. The van der Waals surface area contributed by atoms with Crippen LogP contribution in [0.15, 0.2) is 218 Å². The van der Waals surface area contributed by atoms with Crippen molar-refractivity contribution < 1.29 is 0 Å². The maximum Gasteiger partial charge on any atom is 0.0642 e. The van der Waals surface area contributed by atoms with Crippen molar-refractivity contribution in [2.45, 2.75) is 105 Å². The van der Waals surface area contributed by atoms with Crippen molar-refractivity contribution in [3.63, 3.8) is 0 Å². The molecule has 11 aromatic carbocycles. The molecule has 404 valence electrons. The van der Waals surface area contributed by atoms with Crippen molar-refractivity contribution in [3.05, 3.63) is 241 Å². The van der Waals surface area contributed by atoms with E-state index in [9.17, 15) is 0 Å². The van der Waals surface area contributed by atoms with Gasteiger partial charge in [-0.3, -0.25) is 0 Å². The molecule has 0 radical (unpaired) electrons. The molecule has 0 unspecified atom stereocenters. The van der Waals surface area contributed by atoms with Crippen molar-refractivity contribution in [1.29, 1.82) is 0 Å². The Morgan fingerprint density at radius 1 is 0.268 bits per heavy atom. The topological polar surface area (TPSA) is 15.8 Å². The van der Waals surface area contributed by atoms with Crippen LogP contribution in [0.2, 0.25) is 0 Å². The molecule has 0 aliphatic rings. The SMILES string of the molecule is CC(C)(C)c1ccc(N(c2ccc(C(C)(C)C)cc2)c2ccc3cc4c5cc6c7ccccc7n(-c7ccccc7)c6c6c7cc8ccc(N(c9ccc(C(C)(C)C)cc9)c9ccc(C(C)(C)C)cc9)cc8cc7n(c4cc3c2)c56)cc1. The van der Waals surface area contributed by atoms with Crippen LogP contribution in [0.25, 0.3) is 87.1 Å². The van der Waals surface area contributed by atoms with Gasteiger partial charge in [-0.05, 0) is 187 Å². The maximum absolute atomic E-state index is 2.60. The number of hydrogen-bond acceptors (Lipinski definition) is 2. The third-order valence-corrected chi connectivity index (χ3v) is 17.6. The Balaban J connectivity index is 1.03. The fraction of sp³-hybridized carbons (Fsp3) is 0.205. The summed E-state index contributed by atoms with van der Waals surface area (Å²) in [4.78, 5) is 4.85. The van der Waals surface area contributed by atoms with Crippen molar-refractivity contribution in [1.82, 2.24) is 8.97 Å². The van der Waals surface area contributed by atoms with E-state index < -0.39 is 0 Å². The van der Waals surface area contributed by atoms with Gasteiger partial charge in [0.15, 0.2) is 0 Å². The number of anilines is 6. The zero-order valence-electron chi connectivity index (χ0n) is 49.6. The van der Waals surface area contributed by atoms with Gasteiger partial charge < -0.3 is 18.8 Å². The Labute approximate surface area is 482 Å². The second-order valence-corrected chi connectivity index (χ2v) is 27.2. The summed E-state index contributed by atoms with van der Waals surface area (Å²) in [5.41, 5.74) is 19.5. The molecule has 4 heteroatoms. The molecule has 14 aromatic rings. The van der Waals surface area contributed by atoms with Gasteiger partial charge in [-0.2, -0.15) is 0 Å². The minimum absolute atomic E-state index is 0.0421. The molecule has 0 aliphatic heterocycles. The van der Waals surface area contributed by atoms with Crippen LogP contribution in [0.3, 0.4) is 0 Å². The third kappa shape index (κ3) is 8.40. The van der Waals surface area contributed by atoms with Gasteiger partial charge in [-0.15, -0.1) is 0 Å². The average molecular weight is 1070 g/mol. The zero-order chi connectivity index (χ0) is 56.8. The van der Waals surface area contributed by atoms with E-state index >= 15 is 0 Å². The predicted molar refractivity (Wildman–Crippen MR) is 355 cm³/mol. The third-order valence-electron chi connectivity index (χ3n) is 17.6. The van der Waals surface area contributed by atoms with Crippen molar-refractivity contribution in [2.75, 3.05) is 9.80 Å². The molecule has 0 aliphatic carbocycles. The van der Waals surface area contributed by atoms with E-state index in [0.29, 0.717) is 0 Å². The van der Waals surface area contributed by atoms with Gasteiger partial charge in [0, 0.05) is 72.1 Å².